The van der Waals surface area contributed by atoms with Crippen molar-refractivity contribution in [3.63, 3.8) is 0 Å². The van der Waals surface area contributed by atoms with Gasteiger partial charge in [-0.3, -0.25) is 0 Å². The lowest BCUT2D eigenvalue weighted by Gasteiger charge is -2.43. The monoisotopic (exact) mass is 173 g/mol. The summed E-state index contributed by atoms with van der Waals surface area (Å²) >= 11 is 0. The van der Waals surface area contributed by atoms with Crippen LogP contribution in [0.15, 0.2) is 0 Å². The molecule has 72 valence electrons. The van der Waals surface area contributed by atoms with Crippen molar-refractivity contribution in [2.45, 2.75) is 39.3 Å². The van der Waals surface area contributed by atoms with Crippen LogP contribution < -0.4 is 5.32 Å². The number of alkyl halides is 1. The highest BCUT2D eigenvalue weighted by Gasteiger charge is 2.36. The fraction of sp³-hybridized carbons (Fsp3) is 1.00. The van der Waals surface area contributed by atoms with E-state index in [1.165, 1.54) is 12.8 Å². The van der Waals surface area contributed by atoms with E-state index >= 15 is 0 Å². The zero-order valence-corrected chi connectivity index (χ0v) is 8.36. The zero-order chi connectivity index (χ0) is 9.19. The number of hydrogen-bond acceptors (Lipinski definition) is 1. The highest BCUT2D eigenvalue weighted by atomic mass is 19.1. The smallest absolute Gasteiger partial charge is 0.113 e. The van der Waals surface area contributed by atoms with E-state index in [4.69, 9.17) is 0 Å². The number of rotatable bonds is 4. The van der Waals surface area contributed by atoms with E-state index in [2.05, 4.69) is 19.2 Å². The van der Waals surface area contributed by atoms with E-state index in [-0.39, 0.29) is 0 Å². The van der Waals surface area contributed by atoms with Crippen LogP contribution in [-0.2, 0) is 0 Å². The molecule has 0 aromatic rings. The molecule has 0 bridgehead atoms. The Bertz CT molecular complexity index is 137. The first-order valence-electron chi connectivity index (χ1n) is 4.82. The van der Waals surface area contributed by atoms with E-state index in [9.17, 15) is 4.39 Å². The molecule has 0 aromatic heterocycles. The second kappa shape index (κ2) is 3.73. The summed E-state index contributed by atoms with van der Waals surface area (Å²) < 4.78 is 13.1. The predicted octanol–water partition coefficient (Wildman–Crippen LogP) is 2.37. The van der Waals surface area contributed by atoms with Crippen LogP contribution >= 0.6 is 0 Å². The van der Waals surface area contributed by atoms with Gasteiger partial charge < -0.3 is 5.32 Å². The largest absolute Gasteiger partial charge is 0.317 e. The Labute approximate surface area is 74.7 Å². The maximum Gasteiger partial charge on any atom is 0.113 e. The molecule has 0 saturated heterocycles. The van der Waals surface area contributed by atoms with Crippen molar-refractivity contribution in [3.8, 4) is 0 Å². The van der Waals surface area contributed by atoms with Gasteiger partial charge in [0.1, 0.15) is 6.17 Å². The fourth-order valence-corrected chi connectivity index (χ4v) is 2.34. The standard InChI is InChI=1S/C10H20FN/c1-10(2)5-8(6-10)4-9(11)7-12-3/h8-9,12H,4-7H2,1-3H3/t9-/m0/s1. The SMILES string of the molecule is CNC[C@@H](F)CC1CC(C)(C)C1. The molecule has 0 spiro atoms. The third kappa shape index (κ3) is 2.74. The first-order valence-corrected chi connectivity index (χ1v) is 4.82. The molecule has 0 aromatic carbocycles. The van der Waals surface area contributed by atoms with Crippen molar-refractivity contribution in [2.75, 3.05) is 13.6 Å². The third-order valence-corrected chi connectivity index (χ3v) is 2.70. The fourth-order valence-electron chi connectivity index (χ4n) is 2.34. The van der Waals surface area contributed by atoms with Crippen LogP contribution in [0, 0.1) is 11.3 Å². The minimum atomic E-state index is -0.643. The minimum absolute atomic E-state index is 0.490. The average molecular weight is 173 g/mol. The van der Waals surface area contributed by atoms with Gasteiger partial charge in [-0.15, -0.1) is 0 Å². The number of hydrogen-bond donors (Lipinski definition) is 1. The first-order chi connectivity index (χ1) is 5.53. The molecule has 1 fully saturated rings. The van der Waals surface area contributed by atoms with Gasteiger partial charge in [0.15, 0.2) is 0 Å². The molecule has 0 heterocycles. The van der Waals surface area contributed by atoms with Crippen molar-refractivity contribution in [1.29, 1.82) is 0 Å². The summed E-state index contributed by atoms with van der Waals surface area (Å²) in [4.78, 5) is 0. The third-order valence-electron chi connectivity index (χ3n) is 2.70. The van der Waals surface area contributed by atoms with Gasteiger partial charge in [0.25, 0.3) is 0 Å². The normalized spacial score (nSPS) is 25.0. The van der Waals surface area contributed by atoms with Crippen LogP contribution in [0.2, 0.25) is 0 Å². The summed E-state index contributed by atoms with van der Waals surface area (Å²) in [6.07, 6.45) is 2.52. The highest BCUT2D eigenvalue weighted by Crippen LogP contribution is 2.46. The average Bonchev–Trinajstić information content (AvgIpc) is 1.83. The van der Waals surface area contributed by atoms with Gasteiger partial charge in [0.2, 0.25) is 0 Å². The maximum atomic E-state index is 13.1. The quantitative estimate of drug-likeness (QED) is 0.688. The zero-order valence-electron chi connectivity index (χ0n) is 8.36. The Morgan fingerprint density at radius 3 is 2.50 bits per heavy atom. The van der Waals surface area contributed by atoms with Gasteiger partial charge in [-0.2, -0.15) is 0 Å². The van der Waals surface area contributed by atoms with Crippen LogP contribution in [0.3, 0.4) is 0 Å². The molecule has 1 aliphatic carbocycles. The highest BCUT2D eigenvalue weighted by molar-refractivity contribution is 4.87. The Kier molecular flexibility index (Phi) is 3.10. The van der Waals surface area contributed by atoms with Gasteiger partial charge in [0.05, 0.1) is 0 Å². The van der Waals surface area contributed by atoms with Crippen LogP contribution in [0.5, 0.6) is 0 Å². The van der Waals surface area contributed by atoms with E-state index in [0.29, 0.717) is 17.9 Å². The number of halogens is 1. The lowest BCUT2D eigenvalue weighted by molar-refractivity contribution is 0.0682. The van der Waals surface area contributed by atoms with Crippen molar-refractivity contribution >= 4 is 0 Å². The molecular formula is C10H20FN. The molecule has 1 atom stereocenters. The van der Waals surface area contributed by atoms with Crippen molar-refractivity contribution in [2.24, 2.45) is 11.3 Å². The van der Waals surface area contributed by atoms with Gasteiger partial charge in [-0.1, -0.05) is 13.8 Å². The molecule has 1 N–H and O–H groups in total. The molecule has 1 saturated carbocycles. The molecule has 0 amide bonds. The van der Waals surface area contributed by atoms with E-state index < -0.39 is 6.17 Å². The summed E-state index contributed by atoms with van der Waals surface area (Å²) in [5.41, 5.74) is 0.490. The van der Waals surface area contributed by atoms with Crippen LogP contribution in [0.25, 0.3) is 0 Å². The van der Waals surface area contributed by atoms with E-state index in [0.717, 1.165) is 6.42 Å². The summed E-state index contributed by atoms with van der Waals surface area (Å²) in [6, 6.07) is 0. The van der Waals surface area contributed by atoms with Gasteiger partial charge in [-0.25, -0.2) is 4.39 Å². The van der Waals surface area contributed by atoms with Gasteiger partial charge in [-0.05, 0) is 37.6 Å². The molecule has 0 unspecified atom stereocenters. The second-order valence-electron chi connectivity index (χ2n) is 4.83. The van der Waals surface area contributed by atoms with Crippen LogP contribution in [0.1, 0.15) is 33.1 Å². The molecule has 2 heteroatoms. The van der Waals surface area contributed by atoms with E-state index in [1.54, 1.807) is 7.05 Å². The molecular weight excluding hydrogens is 153 g/mol. The van der Waals surface area contributed by atoms with Gasteiger partial charge in [0, 0.05) is 6.54 Å². The summed E-state index contributed by atoms with van der Waals surface area (Å²) in [7, 11) is 1.80. The first kappa shape index (κ1) is 9.97. The second-order valence-corrected chi connectivity index (χ2v) is 4.83. The molecule has 1 nitrogen and oxygen atoms in total. The lowest BCUT2D eigenvalue weighted by atomic mass is 9.63. The molecule has 0 radical (unpaired) electrons. The molecule has 12 heavy (non-hydrogen) atoms. The molecule has 1 rings (SSSR count). The summed E-state index contributed by atoms with van der Waals surface area (Å²) in [6.45, 7) is 5.03. The van der Waals surface area contributed by atoms with Crippen molar-refractivity contribution < 1.29 is 4.39 Å². The minimum Gasteiger partial charge on any atom is -0.317 e. The maximum absolute atomic E-state index is 13.1. The van der Waals surface area contributed by atoms with Crippen LogP contribution in [-0.4, -0.2) is 19.8 Å². The molecule has 0 aliphatic heterocycles. The predicted molar refractivity (Wildman–Crippen MR) is 49.9 cm³/mol. The summed E-state index contributed by atoms with van der Waals surface area (Å²) in [5, 5.41) is 2.87. The van der Waals surface area contributed by atoms with Crippen molar-refractivity contribution in [3.05, 3.63) is 0 Å². The van der Waals surface area contributed by atoms with E-state index in [1.807, 2.05) is 0 Å². The van der Waals surface area contributed by atoms with Gasteiger partial charge >= 0.3 is 0 Å². The van der Waals surface area contributed by atoms with Crippen LogP contribution in [0.4, 0.5) is 4.39 Å². The Morgan fingerprint density at radius 2 is 2.08 bits per heavy atom. The Balaban J connectivity index is 2.10. The lowest BCUT2D eigenvalue weighted by Crippen LogP contribution is -2.34. The van der Waals surface area contributed by atoms with Crippen molar-refractivity contribution in [1.82, 2.24) is 5.32 Å². The number of nitrogens with one attached hydrogen (secondary N) is 1. The summed E-state index contributed by atoms with van der Waals surface area (Å²) in [5.74, 6) is 0.642. The Hall–Kier alpha value is -0.110. The molecule has 1 aliphatic rings. The topological polar surface area (TPSA) is 12.0 Å². The Morgan fingerprint density at radius 1 is 1.50 bits per heavy atom.